The zero-order valence-electron chi connectivity index (χ0n) is 15.5. The Hall–Kier alpha value is -1.88. The van der Waals surface area contributed by atoms with Crippen molar-refractivity contribution < 1.29 is 39.4 Å². The number of methoxy groups -OCH3 is 2. The van der Waals surface area contributed by atoms with Crippen LogP contribution in [0.15, 0.2) is 29.6 Å². The molecule has 0 aliphatic carbocycles. The third kappa shape index (κ3) is 4.24. The maximum Gasteiger partial charge on any atom is 0.229 e. The predicted octanol–water partition coefficient (Wildman–Crippen LogP) is 0.535. The molecule has 0 spiro atoms. The van der Waals surface area contributed by atoms with Crippen LogP contribution in [0.1, 0.15) is 10.4 Å². The molecular weight excluding hydrogens is 388 g/mol. The molecule has 1 aliphatic heterocycles. The molecular formula is C19H24O8S. The Labute approximate surface area is 166 Å². The van der Waals surface area contributed by atoms with E-state index >= 15 is 0 Å². The lowest BCUT2D eigenvalue weighted by Gasteiger charge is -2.39. The molecule has 4 N–H and O–H groups in total. The topological polar surface area (TPSA) is 118 Å². The largest absolute Gasteiger partial charge is 0.493 e. The Morgan fingerprint density at radius 1 is 0.964 bits per heavy atom. The minimum atomic E-state index is -1.48. The molecule has 0 saturated carbocycles. The van der Waals surface area contributed by atoms with E-state index in [0.717, 1.165) is 10.4 Å². The van der Waals surface area contributed by atoms with E-state index in [1.807, 2.05) is 23.6 Å². The van der Waals surface area contributed by atoms with Gasteiger partial charge in [-0.3, -0.25) is 0 Å². The lowest BCUT2D eigenvalue weighted by molar-refractivity contribution is -0.277. The standard InChI is InChI=1S/C19H24O8S/c1-24-11-4-3-10(7-13(11)25-2)8-15-12(5-6-28-15)26-19-18(23)17(22)16(21)14(9-20)27-19/h3-7,14,16-23H,8-9H2,1-2H3. The summed E-state index contributed by atoms with van der Waals surface area (Å²) in [5.41, 5.74) is 0.971. The van der Waals surface area contributed by atoms with Gasteiger partial charge in [0.05, 0.1) is 25.7 Å². The second-order valence-corrected chi connectivity index (χ2v) is 7.39. The Bertz CT molecular complexity index is 777. The number of hydrogen-bond donors (Lipinski definition) is 4. The highest BCUT2D eigenvalue weighted by Gasteiger charge is 2.44. The summed E-state index contributed by atoms with van der Waals surface area (Å²) in [7, 11) is 3.14. The quantitative estimate of drug-likeness (QED) is 0.520. The van der Waals surface area contributed by atoms with Crippen LogP contribution in [0, 0.1) is 0 Å². The molecule has 2 heterocycles. The van der Waals surface area contributed by atoms with Crippen molar-refractivity contribution in [2.75, 3.05) is 20.8 Å². The summed E-state index contributed by atoms with van der Waals surface area (Å²) in [5.74, 6) is 1.74. The van der Waals surface area contributed by atoms with Crippen molar-refractivity contribution in [2.45, 2.75) is 37.1 Å². The molecule has 9 heteroatoms. The third-order valence-corrected chi connectivity index (χ3v) is 5.51. The number of thiophene rings is 1. The first-order valence-corrected chi connectivity index (χ1v) is 9.61. The molecule has 154 valence electrons. The second kappa shape index (κ2) is 9.08. The lowest BCUT2D eigenvalue weighted by atomic mass is 9.99. The predicted molar refractivity (Wildman–Crippen MR) is 101 cm³/mol. The fourth-order valence-electron chi connectivity index (χ4n) is 3.03. The summed E-state index contributed by atoms with van der Waals surface area (Å²) >= 11 is 1.47. The highest BCUT2D eigenvalue weighted by atomic mass is 32.1. The van der Waals surface area contributed by atoms with Crippen molar-refractivity contribution in [3.05, 3.63) is 40.1 Å². The number of ether oxygens (including phenoxy) is 4. The average Bonchev–Trinajstić information content (AvgIpc) is 3.14. The van der Waals surface area contributed by atoms with Crippen LogP contribution in [-0.2, 0) is 11.2 Å². The molecule has 1 saturated heterocycles. The molecule has 0 amide bonds. The van der Waals surface area contributed by atoms with E-state index in [0.29, 0.717) is 23.7 Å². The van der Waals surface area contributed by atoms with Crippen molar-refractivity contribution in [2.24, 2.45) is 0 Å². The lowest BCUT2D eigenvalue weighted by Crippen LogP contribution is -2.60. The summed E-state index contributed by atoms with van der Waals surface area (Å²) in [4.78, 5) is 0.879. The number of aliphatic hydroxyl groups excluding tert-OH is 4. The molecule has 28 heavy (non-hydrogen) atoms. The molecule has 0 bridgehead atoms. The van der Waals surface area contributed by atoms with Crippen molar-refractivity contribution in [3.63, 3.8) is 0 Å². The van der Waals surface area contributed by atoms with E-state index in [4.69, 9.17) is 18.9 Å². The van der Waals surface area contributed by atoms with Gasteiger partial charge in [-0.1, -0.05) is 6.07 Å². The Morgan fingerprint density at radius 3 is 2.39 bits per heavy atom. The SMILES string of the molecule is COc1ccc(Cc2sccc2OC2OC(CO)C(O)C(O)C2O)cc1OC. The summed E-state index contributed by atoms with van der Waals surface area (Å²) in [6.45, 7) is -0.507. The maximum absolute atomic E-state index is 10.2. The van der Waals surface area contributed by atoms with E-state index in [1.54, 1.807) is 20.3 Å². The van der Waals surface area contributed by atoms with E-state index in [9.17, 15) is 20.4 Å². The first-order chi connectivity index (χ1) is 13.5. The zero-order valence-corrected chi connectivity index (χ0v) is 16.3. The van der Waals surface area contributed by atoms with Crippen molar-refractivity contribution in [1.29, 1.82) is 0 Å². The van der Waals surface area contributed by atoms with E-state index < -0.39 is 37.3 Å². The van der Waals surface area contributed by atoms with Gasteiger partial charge in [0.15, 0.2) is 11.5 Å². The molecule has 3 rings (SSSR count). The van der Waals surface area contributed by atoms with Crippen LogP contribution < -0.4 is 14.2 Å². The van der Waals surface area contributed by atoms with E-state index in [1.165, 1.54) is 11.3 Å². The van der Waals surface area contributed by atoms with Gasteiger partial charge in [0.1, 0.15) is 30.2 Å². The van der Waals surface area contributed by atoms with Gasteiger partial charge in [-0.05, 0) is 29.1 Å². The first-order valence-electron chi connectivity index (χ1n) is 8.73. The molecule has 1 aromatic heterocycles. The fraction of sp³-hybridized carbons (Fsp3) is 0.474. The maximum atomic E-state index is 10.2. The van der Waals surface area contributed by atoms with Gasteiger partial charge in [0.2, 0.25) is 6.29 Å². The Balaban J connectivity index is 1.75. The van der Waals surface area contributed by atoms with E-state index in [-0.39, 0.29) is 0 Å². The third-order valence-electron chi connectivity index (χ3n) is 4.61. The molecule has 2 aromatic rings. The molecule has 1 aromatic carbocycles. The minimum absolute atomic E-state index is 0.490. The van der Waals surface area contributed by atoms with Gasteiger partial charge < -0.3 is 39.4 Å². The molecule has 5 atom stereocenters. The van der Waals surface area contributed by atoms with Gasteiger partial charge in [0, 0.05) is 6.42 Å². The van der Waals surface area contributed by atoms with Gasteiger partial charge >= 0.3 is 0 Å². The molecule has 0 radical (unpaired) electrons. The van der Waals surface area contributed by atoms with Crippen molar-refractivity contribution >= 4 is 11.3 Å². The highest BCUT2D eigenvalue weighted by molar-refractivity contribution is 7.10. The van der Waals surface area contributed by atoms with Crippen LogP contribution in [-0.4, -0.2) is 72.0 Å². The minimum Gasteiger partial charge on any atom is -0.493 e. The second-order valence-electron chi connectivity index (χ2n) is 6.39. The summed E-state index contributed by atoms with van der Waals surface area (Å²) in [5, 5.41) is 41.1. The number of rotatable bonds is 7. The summed E-state index contributed by atoms with van der Waals surface area (Å²) in [6.07, 6.45) is -6.04. The number of aliphatic hydroxyl groups is 4. The number of benzene rings is 1. The van der Waals surface area contributed by atoms with Gasteiger partial charge in [-0.15, -0.1) is 11.3 Å². The summed E-state index contributed by atoms with van der Waals surface area (Å²) < 4.78 is 21.7. The van der Waals surface area contributed by atoms with Crippen LogP contribution in [0.5, 0.6) is 17.2 Å². The molecule has 8 nitrogen and oxygen atoms in total. The first kappa shape index (κ1) is 20.8. The van der Waals surface area contributed by atoms with Crippen LogP contribution in [0.25, 0.3) is 0 Å². The Morgan fingerprint density at radius 2 is 1.71 bits per heavy atom. The van der Waals surface area contributed by atoms with E-state index in [2.05, 4.69) is 0 Å². The average molecular weight is 412 g/mol. The number of hydrogen-bond acceptors (Lipinski definition) is 9. The Kier molecular flexibility index (Phi) is 6.76. The van der Waals surface area contributed by atoms with Crippen molar-refractivity contribution in [3.8, 4) is 17.2 Å². The fourth-order valence-corrected chi connectivity index (χ4v) is 3.87. The summed E-state index contributed by atoms with van der Waals surface area (Å²) in [6, 6.07) is 7.34. The van der Waals surface area contributed by atoms with Gasteiger partial charge in [-0.25, -0.2) is 0 Å². The van der Waals surface area contributed by atoms with Crippen LogP contribution in [0.4, 0.5) is 0 Å². The molecule has 1 aliphatic rings. The highest BCUT2D eigenvalue weighted by Crippen LogP contribution is 2.34. The molecule has 5 unspecified atom stereocenters. The van der Waals surface area contributed by atoms with Crippen molar-refractivity contribution in [1.82, 2.24) is 0 Å². The smallest absolute Gasteiger partial charge is 0.229 e. The normalized spacial score (nSPS) is 27.4. The zero-order chi connectivity index (χ0) is 20.3. The van der Waals surface area contributed by atoms with Crippen LogP contribution >= 0.6 is 11.3 Å². The molecule has 1 fully saturated rings. The van der Waals surface area contributed by atoms with Gasteiger partial charge in [-0.2, -0.15) is 0 Å². The van der Waals surface area contributed by atoms with Crippen LogP contribution in [0.2, 0.25) is 0 Å². The van der Waals surface area contributed by atoms with Crippen LogP contribution in [0.3, 0.4) is 0 Å². The monoisotopic (exact) mass is 412 g/mol. The van der Waals surface area contributed by atoms with Gasteiger partial charge in [0.25, 0.3) is 0 Å².